The lowest BCUT2D eigenvalue weighted by Crippen LogP contribution is -2.23. The summed E-state index contributed by atoms with van der Waals surface area (Å²) in [5.74, 6) is -0.669. The van der Waals surface area contributed by atoms with Gasteiger partial charge in [-0.1, -0.05) is 24.3 Å². The number of nitrogens with two attached hydrogens (primary N) is 1. The Hall–Kier alpha value is -4.73. The maximum absolute atomic E-state index is 13.5. The number of aromatic nitrogens is 3. The fourth-order valence-corrected chi connectivity index (χ4v) is 3.04. The topological polar surface area (TPSA) is 124 Å². The molecule has 10 heteroatoms. The first-order chi connectivity index (χ1) is 16.5. The molecule has 0 saturated carbocycles. The highest BCUT2D eigenvalue weighted by molar-refractivity contribution is 6.05. The van der Waals surface area contributed by atoms with Crippen LogP contribution in [0.25, 0.3) is 5.69 Å². The van der Waals surface area contributed by atoms with Gasteiger partial charge in [0.05, 0.1) is 17.6 Å². The van der Waals surface area contributed by atoms with Crippen molar-refractivity contribution in [2.24, 2.45) is 0 Å². The highest BCUT2D eigenvalue weighted by Gasteiger charge is 2.13. The summed E-state index contributed by atoms with van der Waals surface area (Å²) in [5, 5.41) is 9.50. The number of carbonyl (C=O) groups excluding carboxylic acids is 2. The lowest BCUT2D eigenvalue weighted by Gasteiger charge is -2.08. The van der Waals surface area contributed by atoms with Crippen molar-refractivity contribution in [3.05, 3.63) is 102 Å². The quantitative estimate of drug-likeness (QED) is 0.387. The second kappa shape index (κ2) is 10.3. The Morgan fingerprint density at radius 2 is 1.88 bits per heavy atom. The number of ether oxygens (including phenoxy) is 1. The van der Waals surface area contributed by atoms with E-state index < -0.39 is 17.8 Å². The Bertz CT molecular complexity index is 1290. The largest absolute Gasteiger partial charge is 0.445 e. The van der Waals surface area contributed by atoms with Gasteiger partial charge >= 0.3 is 6.09 Å². The van der Waals surface area contributed by atoms with Crippen molar-refractivity contribution in [3.8, 4) is 5.69 Å². The van der Waals surface area contributed by atoms with Crippen LogP contribution in [0.4, 0.5) is 20.7 Å². The van der Waals surface area contributed by atoms with E-state index in [2.05, 4.69) is 20.7 Å². The van der Waals surface area contributed by atoms with Gasteiger partial charge in [-0.05, 0) is 47.5 Å². The number of hydrogen-bond acceptors (Lipinski definition) is 6. The first kappa shape index (κ1) is 22.5. The van der Waals surface area contributed by atoms with Gasteiger partial charge in [-0.2, -0.15) is 0 Å². The molecule has 0 atom stereocenters. The van der Waals surface area contributed by atoms with E-state index in [1.54, 1.807) is 54.9 Å². The third-order valence-corrected chi connectivity index (χ3v) is 4.79. The Balaban J connectivity index is 1.30. The lowest BCUT2D eigenvalue weighted by atomic mass is 10.1. The van der Waals surface area contributed by atoms with Crippen molar-refractivity contribution < 1.29 is 18.7 Å². The summed E-state index contributed by atoms with van der Waals surface area (Å²) in [7, 11) is 0. The number of anilines is 2. The fourth-order valence-electron chi connectivity index (χ4n) is 3.04. The number of pyridine rings is 1. The van der Waals surface area contributed by atoms with E-state index in [4.69, 9.17) is 10.5 Å². The Morgan fingerprint density at radius 1 is 1.06 bits per heavy atom. The highest BCUT2D eigenvalue weighted by atomic mass is 19.1. The highest BCUT2D eigenvalue weighted by Crippen LogP contribution is 2.20. The molecule has 4 N–H and O–H groups in total. The van der Waals surface area contributed by atoms with Gasteiger partial charge in [-0.15, -0.1) is 5.10 Å². The van der Waals surface area contributed by atoms with Crippen molar-refractivity contribution >= 4 is 23.5 Å². The number of hydrogen-bond donors (Lipinski definition) is 3. The van der Waals surface area contributed by atoms with Gasteiger partial charge in [-0.25, -0.2) is 13.9 Å². The Labute approximate surface area is 194 Å². The van der Waals surface area contributed by atoms with Crippen LogP contribution in [-0.4, -0.2) is 26.8 Å². The first-order valence-corrected chi connectivity index (χ1v) is 10.3. The van der Waals surface area contributed by atoms with E-state index in [1.807, 2.05) is 6.07 Å². The third kappa shape index (κ3) is 5.74. The molecule has 0 aliphatic carbocycles. The third-order valence-electron chi connectivity index (χ3n) is 4.79. The average Bonchev–Trinajstić information content (AvgIpc) is 3.22. The van der Waals surface area contributed by atoms with Crippen LogP contribution >= 0.6 is 0 Å². The summed E-state index contributed by atoms with van der Waals surface area (Å²) in [5.41, 5.74) is 8.59. The van der Waals surface area contributed by atoms with Gasteiger partial charge in [-0.3, -0.25) is 9.78 Å². The molecule has 0 bridgehead atoms. The minimum Gasteiger partial charge on any atom is -0.445 e. The number of nitrogens with one attached hydrogen (secondary N) is 2. The standard InChI is InChI=1S/C24H21FN6O3/c25-19-4-1-5-20(11-19)31-14-21(26)22(30-31)29-23(32)18-8-6-16(7-9-18)15-34-24(33)28-13-17-3-2-10-27-12-17/h1-12,14H,13,15,26H2,(H,28,33)(H,29,30,32). The molecular weight excluding hydrogens is 439 g/mol. The van der Waals surface area contributed by atoms with Crippen LogP contribution in [-0.2, 0) is 17.9 Å². The van der Waals surface area contributed by atoms with E-state index >= 15 is 0 Å². The van der Waals surface area contributed by atoms with Crippen LogP contribution in [0.5, 0.6) is 0 Å². The second-order valence-corrected chi connectivity index (χ2v) is 7.30. The molecule has 0 aliphatic rings. The van der Waals surface area contributed by atoms with Gasteiger partial charge in [0.2, 0.25) is 0 Å². The molecule has 0 saturated heterocycles. The van der Waals surface area contributed by atoms with E-state index in [9.17, 15) is 14.0 Å². The molecular formula is C24H21FN6O3. The van der Waals surface area contributed by atoms with Crippen molar-refractivity contribution in [2.75, 3.05) is 11.1 Å². The number of alkyl carbamates (subject to hydrolysis) is 1. The summed E-state index contributed by atoms with van der Waals surface area (Å²) in [6.07, 6.45) is 4.24. The summed E-state index contributed by atoms with van der Waals surface area (Å²) >= 11 is 0. The molecule has 0 unspecified atom stereocenters. The van der Waals surface area contributed by atoms with Gasteiger partial charge in [0.1, 0.15) is 12.4 Å². The van der Waals surface area contributed by atoms with Crippen LogP contribution < -0.4 is 16.4 Å². The average molecular weight is 460 g/mol. The fraction of sp³-hybridized carbons (Fsp3) is 0.0833. The molecule has 2 heterocycles. The molecule has 0 radical (unpaired) electrons. The molecule has 9 nitrogen and oxygen atoms in total. The number of rotatable bonds is 7. The van der Waals surface area contributed by atoms with Crippen molar-refractivity contribution in [1.82, 2.24) is 20.1 Å². The van der Waals surface area contributed by atoms with Gasteiger partial charge < -0.3 is 21.1 Å². The number of nitrogens with zero attached hydrogens (tertiary/aromatic N) is 3. The summed E-state index contributed by atoms with van der Waals surface area (Å²) < 4.78 is 20.0. The van der Waals surface area contributed by atoms with Gasteiger partial charge in [0, 0.05) is 24.5 Å². The normalized spacial score (nSPS) is 10.5. The Kier molecular flexibility index (Phi) is 6.78. The molecule has 0 spiro atoms. The van der Waals surface area contributed by atoms with E-state index in [1.165, 1.54) is 23.0 Å². The SMILES string of the molecule is Nc1cn(-c2cccc(F)c2)nc1NC(=O)c1ccc(COC(=O)NCc2cccnc2)cc1. The molecule has 4 rings (SSSR count). The maximum atomic E-state index is 13.5. The number of benzene rings is 2. The number of halogens is 1. The van der Waals surface area contributed by atoms with Crippen molar-refractivity contribution in [2.45, 2.75) is 13.2 Å². The molecule has 172 valence electrons. The molecule has 0 aliphatic heterocycles. The summed E-state index contributed by atoms with van der Waals surface area (Å²) in [4.78, 5) is 28.4. The van der Waals surface area contributed by atoms with E-state index in [-0.39, 0.29) is 18.1 Å². The monoisotopic (exact) mass is 460 g/mol. The molecule has 2 aromatic heterocycles. The predicted molar refractivity (Wildman–Crippen MR) is 124 cm³/mol. The van der Waals surface area contributed by atoms with Crippen LogP contribution in [0.15, 0.2) is 79.3 Å². The molecule has 0 fully saturated rings. The number of amides is 2. The first-order valence-electron chi connectivity index (χ1n) is 10.3. The number of nitrogen functional groups attached to an aromatic ring is 1. The van der Waals surface area contributed by atoms with Gasteiger partial charge in [0.15, 0.2) is 5.82 Å². The van der Waals surface area contributed by atoms with E-state index in [0.29, 0.717) is 23.4 Å². The summed E-state index contributed by atoms with van der Waals surface area (Å²) in [6.45, 7) is 0.357. The van der Waals surface area contributed by atoms with E-state index in [0.717, 1.165) is 5.56 Å². The zero-order valence-corrected chi connectivity index (χ0v) is 17.9. The summed E-state index contributed by atoms with van der Waals surface area (Å²) in [6, 6.07) is 16.0. The van der Waals surface area contributed by atoms with Crippen LogP contribution in [0.3, 0.4) is 0 Å². The predicted octanol–water partition coefficient (Wildman–Crippen LogP) is 3.67. The van der Waals surface area contributed by atoms with Crippen molar-refractivity contribution in [1.29, 1.82) is 0 Å². The smallest absolute Gasteiger partial charge is 0.407 e. The zero-order chi connectivity index (χ0) is 23.9. The zero-order valence-electron chi connectivity index (χ0n) is 17.9. The molecule has 2 aromatic carbocycles. The minimum atomic E-state index is -0.560. The second-order valence-electron chi connectivity index (χ2n) is 7.30. The van der Waals surface area contributed by atoms with Gasteiger partial charge in [0.25, 0.3) is 5.91 Å². The Morgan fingerprint density at radius 3 is 2.62 bits per heavy atom. The van der Waals surface area contributed by atoms with Crippen LogP contribution in [0.2, 0.25) is 0 Å². The molecule has 4 aromatic rings. The molecule has 34 heavy (non-hydrogen) atoms. The van der Waals surface area contributed by atoms with Crippen molar-refractivity contribution in [3.63, 3.8) is 0 Å². The molecule has 2 amide bonds. The van der Waals surface area contributed by atoms with Crippen LogP contribution in [0, 0.1) is 5.82 Å². The minimum absolute atomic E-state index is 0.0474. The van der Waals surface area contributed by atoms with Crippen LogP contribution in [0.1, 0.15) is 21.5 Å². The number of carbonyl (C=O) groups is 2. The lowest BCUT2D eigenvalue weighted by molar-refractivity contribution is 0.102. The maximum Gasteiger partial charge on any atom is 0.407 e.